The normalized spacial score (nSPS) is 35.1. The fourth-order valence-electron chi connectivity index (χ4n) is 3.53. The summed E-state index contributed by atoms with van der Waals surface area (Å²) in [7, 11) is 0. The zero-order valence-electron chi connectivity index (χ0n) is 10.8. The topological polar surface area (TPSA) is 32.3 Å². The lowest BCUT2D eigenvalue weighted by atomic mass is 9.89. The molecule has 2 atom stereocenters. The summed E-state index contributed by atoms with van der Waals surface area (Å²) < 4.78 is 0. The Morgan fingerprint density at radius 2 is 1.78 bits per heavy atom. The van der Waals surface area contributed by atoms with Gasteiger partial charge in [-0.05, 0) is 31.6 Å². The molecule has 2 unspecified atom stereocenters. The first kappa shape index (κ1) is 14.5. The van der Waals surface area contributed by atoms with Crippen LogP contribution in [-0.4, -0.2) is 47.5 Å². The molecular formula is C13H23ClN2OS. The van der Waals surface area contributed by atoms with Crippen molar-refractivity contribution in [2.24, 2.45) is 5.92 Å². The predicted molar refractivity (Wildman–Crippen MR) is 78.4 cm³/mol. The van der Waals surface area contributed by atoms with E-state index in [1.165, 1.54) is 25.7 Å². The van der Waals surface area contributed by atoms with Crippen LogP contribution in [0.3, 0.4) is 0 Å². The minimum atomic E-state index is 0. The van der Waals surface area contributed by atoms with Crippen LogP contribution in [0.25, 0.3) is 0 Å². The summed E-state index contributed by atoms with van der Waals surface area (Å²) in [6.45, 7) is 1.95. The summed E-state index contributed by atoms with van der Waals surface area (Å²) >= 11 is 1.97. The fourth-order valence-corrected chi connectivity index (χ4v) is 4.43. The van der Waals surface area contributed by atoms with Gasteiger partial charge in [-0.25, -0.2) is 0 Å². The smallest absolute Gasteiger partial charge is 0.222 e. The van der Waals surface area contributed by atoms with Crippen LogP contribution >= 0.6 is 24.2 Å². The van der Waals surface area contributed by atoms with Gasteiger partial charge in [0.25, 0.3) is 0 Å². The van der Waals surface area contributed by atoms with Gasteiger partial charge in [-0.3, -0.25) is 4.79 Å². The van der Waals surface area contributed by atoms with E-state index in [1.807, 2.05) is 11.8 Å². The zero-order valence-corrected chi connectivity index (χ0v) is 12.4. The van der Waals surface area contributed by atoms with Gasteiger partial charge in [0.15, 0.2) is 0 Å². The van der Waals surface area contributed by atoms with Crippen LogP contribution < -0.4 is 5.32 Å². The number of carbonyl (C=O) groups excluding carboxylic acids is 1. The second-order valence-electron chi connectivity index (χ2n) is 5.67. The third-order valence-corrected chi connectivity index (χ3v) is 5.34. The van der Waals surface area contributed by atoms with Crippen LogP contribution in [-0.2, 0) is 4.79 Å². The van der Waals surface area contributed by atoms with Crippen LogP contribution in [0.15, 0.2) is 0 Å². The van der Waals surface area contributed by atoms with Crippen LogP contribution in [0.5, 0.6) is 0 Å². The maximum absolute atomic E-state index is 12.2. The maximum Gasteiger partial charge on any atom is 0.222 e. The molecule has 1 N–H and O–H groups in total. The maximum atomic E-state index is 12.2. The van der Waals surface area contributed by atoms with Crippen molar-refractivity contribution in [3.63, 3.8) is 0 Å². The summed E-state index contributed by atoms with van der Waals surface area (Å²) in [5.41, 5.74) is 0. The number of nitrogens with one attached hydrogen (secondary N) is 1. The predicted octanol–water partition coefficient (Wildman–Crippen LogP) is 1.90. The number of hydrogen-bond donors (Lipinski definition) is 1. The first-order valence-corrected chi connectivity index (χ1v) is 8.08. The van der Waals surface area contributed by atoms with Gasteiger partial charge in [-0.15, -0.1) is 12.4 Å². The number of carbonyl (C=O) groups is 1. The molecule has 3 rings (SSSR count). The van der Waals surface area contributed by atoms with E-state index < -0.39 is 0 Å². The van der Waals surface area contributed by atoms with E-state index in [-0.39, 0.29) is 12.4 Å². The Kier molecular flexibility index (Phi) is 5.22. The number of nitrogens with zero attached hydrogens (tertiary/aromatic N) is 1. The van der Waals surface area contributed by atoms with Crippen molar-refractivity contribution in [2.75, 3.05) is 24.6 Å². The van der Waals surface area contributed by atoms with Gasteiger partial charge in [-0.2, -0.15) is 11.8 Å². The Balaban J connectivity index is 0.00000120. The van der Waals surface area contributed by atoms with Gasteiger partial charge in [-0.1, -0.05) is 0 Å². The van der Waals surface area contributed by atoms with Gasteiger partial charge >= 0.3 is 0 Å². The van der Waals surface area contributed by atoms with Gasteiger partial charge < -0.3 is 10.2 Å². The van der Waals surface area contributed by atoms with E-state index >= 15 is 0 Å². The highest BCUT2D eigenvalue weighted by Crippen LogP contribution is 2.33. The first-order valence-electron chi connectivity index (χ1n) is 6.93. The van der Waals surface area contributed by atoms with Gasteiger partial charge in [0.1, 0.15) is 0 Å². The largest absolute Gasteiger partial charge is 0.341 e. The van der Waals surface area contributed by atoms with E-state index in [4.69, 9.17) is 0 Å². The Labute approximate surface area is 120 Å². The van der Waals surface area contributed by atoms with E-state index in [2.05, 4.69) is 10.2 Å². The molecule has 0 aromatic rings. The molecule has 3 nitrogen and oxygen atoms in total. The number of rotatable bonds is 2. The summed E-state index contributed by atoms with van der Waals surface area (Å²) in [6, 6.07) is 1.42. The minimum Gasteiger partial charge on any atom is -0.341 e. The Morgan fingerprint density at radius 3 is 2.39 bits per heavy atom. The fraction of sp³-hybridized carbons (Fsp3) is 0.923. The summed E-state index contributed by atoms with van der Waals surface area (Å²) in [5, 5.41) is 3.64. The average Bonchev–Trinajstić information content (AvgIpc) is 2.70. The highest BCUT2D eigenvalue weighted by Gasteiger charge is 2.34. The Hall–Kier alpha value is 0.0700. The zero-order chi connectivity index (χ0) is 11.7. The van der Waals surface area contributed by atoms with Crippen molar-refractivity contribution < 1.29 is 4.79 Å². The molecule has 2 bridgehead atoms. The average molecular weight is 291 g/mol. The van der Waals surface area contributed by atoms with Gasteiger partial charge in [0, 0.05) is 43.1 Å². The van der Waals surface area contributed by atoms with Crippen LogP contribution in [0.1, 0.15) is 32.1 Å². The highest BCUT2D eigenvalue weighted by atomic mass is 35.5. The lowest BCUT2D eigenvalue weighted by Crippen LogP contribution is -2.42. The molecule has 0 aromatic carbocycles. The summed E-state index contributed by atoms with van der Waals surface area (Å²) in [4.78, 5) is 14.3. The molecule has 1 amide bonds. The van der Waals surface area contributed by atoms with Crippen LogP contribution in [0, 0.1) is 5.92 Å². The summed E-state index contributed by atoms with van der Waals surface area (Å²) in [5.74, 6) is 3.32. The van der Waals surface area contributed by atoms with Gasteiger partial charge in [0.2, 0.25) is 5.91 Å². The van der Waals surface area contributed by atoms with Crippen molar-refractivity contribution in [1.82, 2.24) is 10.2 Å². The van der Waals surface area contributed by atoms with E-state index in [9.17, 15) is 4.79 Å². The van der Waals surface area contributed by atoms with E-state index in [0.29, 0.717) is 23.9 Å². The van der Waals surface area contributed by atoms with E-state index in [1.54, 1.807) is 0 Å². The number of thioether (sulfide) groups is 1. The number of piperidine rings is 1. The second-order valence-corrected chi connectivity index (χ2v) is 6.90. The third-order valence-electron chi connectivity index (χ3n) is 4.40. The lowest BCUT2D eigenvalue weighted by Gasteiger charge is -2.32. The van der Waals surface area contributed by atoms with Crippen LogP contribution in [0.4, 0.5) is 0 Å². The SMILES string of the molecule is Cl.O=C(CC1CC2CCC(C1)N2)N1CCSCC1. The molecule has 104 valence electrons. The van der Waals surface area contributed by atoms with Crippen molar-refractivity contribution in [3.05, 3.63) is 0 Å². The Morgan fingerprint density at radius 1 is 1.17 bits per heavy atom. The molecule has 5 heteroatoms. The van der Waals surface area contributed by atoms with Crippen molar-refractivity contribution in [2.45, 2.75) is 44.2 Å². The van der Waals surface area contributed by atoms with Crippen molar-refractivity contribution in [3.8, 4) is 0 Å². The first-order chi connectivity index (χ1) is 8.31. The number of hydrogen-bond acceptors (Lipinski definition) is 3. The molecule has 0 aliphatic carbocycles. The number of fused-ring (bicyclic) bond motifs is 2. The highest BCUT2D eigenvalue weighted by molar-refractivity contribution is 7.99. The molecule has 0 spiro atoms. The summed E-state index contributed by atoms with van der Waals surface area (Å²) in [6.07, 6.45) is 5.92. The number of halogens is 1. The molecular weight excluding hydrogens is 268 g/mol. The molecule has 3 aliphatic heterocycles. The molecule has 0 radical (unpaired) electrons. The molecule has 0 aromatic heterocycles. The van der Waals surface area contributed by atoms with Gasteiger partial charge in [0.05, 0.1) is 0 Å². The second kappa shape index (κ2) is 6.49. The molecule has 0 saturated carbocycles. The molecule has 18 heavy (non-hydrogen) atoms. The molecule has 3 fully saturated rings. The Bertz CT molecular complexity index is 285. The quantitative estimate of drug-likeness (QED) is 0.843. The molecule has 3 heterocycles. The minimum absolute atomic E-state index is 0. The third kappa shape index (κ3) is 3.34. The van der Waals surface area contributed by atoms with Crippen molar-refractivity contribution >= 4 is 30.1 Å². The van der Waals surface area contributed by atoms with Crippen molar-refractivity contribution in [1.29, 1.82) is 0 Å². The lowest BCUT2D eigenvalue weighted by molar-refractivity contribution is -0.132. The monoisotopic (exact) mass is 290 g/mol. The van der Waals surface area contributed by atoms with Crippen LogP contribution in [0.2, 0.25) is 0 Å². The molecule has 3 saturated heterocycles. The number of amides is 1. The standard InChI is InChI=1S/C13H22N2OS.ClH/c16-13(15-3-5-17-6-4-15)9-10-7-11-1-2-12(8-10)14-11;/h10-12,14H,1-9H2;1H. The molecule has 3 aliphatic rings. The van der Waals surface area contributed by atoms with E-state index in [0.717, 1.165) is 31.0 Å².